The van der Waals surface area contributed by atoms with Gasteiger partial charge >= 0.3 is 5.91 Å². The minimum atomic E-state index is -0.945. The van der Waals surface area contributed by atoms with E-state index < -0.39 is 17.7 Å². The van der Waals surface area contributed by atoms with Gasteiger partial charge in [-0.15, -0.1) is 0 Å². The molecule has 0 saturated carbocycles. The number of ether oxygens (including phenoxy) is 3. The maximum absolute atomic E-state index is 13.6. The maximum atomic E-state index is 13.6. The van der Waals surface area contributed by atoms with E-state index in [0.717, 1.165) is 17.5 Å². The summed E-state index contributed by atoms with van der Waals surface area (Å²) in [6.45, 7) is 3.41. The van der Waals surface area contributed by atoms with Crippen molar-refractivity contribution < 1.29 is 28.9 Å². The van der Waals surface area contributed by atoms with Crippen molar-refractivity contribution in [2.45, 2.75) is 25.8 Å². The van der Waals surface area contributed by atoms with Gasteiger partial charge in [-0.1, -0.05) is 48.4 Å². The number of unbranched alkanes of at least 4 members (excludes halogenated alkanes) is 1. The summed E-state index contributed by atoms with van der Waals surface area (Å²) in [6.07, 6.45) is 1.87. The molecule has 1 saturated heterocycles. The molecule has 1 amide bonds. The lowest BCUT2D eigenvalue weighted by Crippen LogP contribution is -2.29. The number of thiazole rings is 1. The summed E-state index contributed by atoms with van der Waals surface area (Å²) >= 11 is 7.43. The molecular weight excluding hydrogens is 552 g/mol. The van der Waals surface area contributed by atoms with Crippen molar-refractivity contribution in [1.82, 2.24) is 4.98 Å². The third-order valence-electron chi connectivity index (χ3n) is 6.75. The number of benzene rings is 3. The molecule has 0 bridgehead atoms. The van der Waals surface area contributed by atoms with E-state index in [2.05, 4.69) is 11.9 Å². The van der Waals surface area contributed by atoms with Crippen LogP contribution in [-0.4, -0.2) is 41.6 Å². The van der Waals surface area contributed by atoms with Gasteiger partial charge in [0.15, 0.2) is 16.6 Å². The molecule has 40 heavy (non-hydrogen) atoms. The summed E-state index contributed by atoms with van der Waals surface area (Å²) in [5.41, 5.74) is 1.53. The number of anilines is 1. The molecule has 0 aliphatic carbocycles. The number of amides is 1. The maximum Gasteiger partial charge on any atom is 0.301 e. The highest BCUT2D eigenvalue weighted by atomic mass is 35.5. The lowest BCUT2D eigenvalue weighted by molar-refractivity contribution is -0.132. The number of hydrogen-bond acceptors (Lipinski definition) is 8. The van der Waals surface area contributed by atoms with Crippen molar-refractivity contribution in [2.24, 2.45) is 0 Å². The molecule has 1 fully saturated rings. The molecule has 10 heteroatoms. The van der Waals surface area contributed by atoms with Crippen LogP contribution in [0, 0.1) is 0 Å². The van der Waals surface area contributed by atoms with Gasteiger partial charge in [0.1, 0.15) is 24.7 Å². The summed E-state index contributed by atoms with van der Waals surface area (Å²) in [7, 11) is 0. The summed E-state index contributed by atoms with van der Waals surface area (Å²) < 4.78 is 18.0. The number of hydrogen-bond donors (Lipinski definition) is 1. The Morgan fingerprint density at radius 3 is 2.75 bits per heavy atom. The van der Waals surface area contributed by atoms with Crippen LogP contribution in [0.15, 0.2) is 66.2 Å². The first-order valence-corrected chi connectivity index (χ1v) is 14.1. The first-order chi connectivity index (χ1) is 19.4. The number of nitrogens with zero attached hydrogens (tertiary/aromatic N) is 2. The van der Waals surface area contributed by atoms with E-state index in [4.69, 9.17) is 25.8 Å². The standard InChI is InChI=1S/C30H25ClN2O6S/c1-2-3-11-37-20-6-4-5-17(14-20)26-25(27(34)18-7-10-22-23(15-18)39-13-12-38-22)28(35)29(36)33(26)30-32-21-9-8-19(31)16-24(21)40-30/h4-10,14-16,26,34H,2-3,11-13H2,1H3/b27-25+. The van der Waals surface area contributed by atoms with Gasteiger partial charge in [0, 0.05) is 10.6 Å². The zero-order valence-electron chi connectivity index (χ0n) is 21.6. The summed E-state index contributed by atoms with van der Waals surface area (Å²) in [5, 5.41) is 12.4. The van der Waals surface area contributed by atoms with Crippen molar-refractivity contribution in [1.29, 1.82) is 0 Å². The monoisotopic (exact) mass is 576 g/mol. The van der Waals surface area contributed by atoms with Crippen LogP contribution in [0.3, 0.4) is 0 Å². The number of Topliss-reactive ketones (excluding diaryl/α,β-unsaturated/α-hetero) is 1. The highest BCUT2D eigenvalue weighted by Crippen LogP contribution is 2.45. The Morgan fingerprint density at radius 1 is 1.10 bits per heavy atom. The average Bonchev–Trinajstić information content (AvgIpc) is 3.50. The van der Waals surface area contributed by atoms with E-state index in [1.807, 2.05) is 6.07 Å². The van der Waals surface area contributed by atoms with Gasteiger partial charge in [-0.05, 0) is 60.5 Å². The average molecular weight is 577 g/mol. The molecule has 1 aromatic heterocycles. The number of carbonyl (C=O) groups is 2. The van der Waals surface area contributed by atoms with Crippen molar-refractivity contribution >= 4 is 55.7 Å². The third-order valence-corrected chi connectivity index (χ3v) is 8.00. The fourth-order valence-corrected chi connectivity index (χ4v) is 6.06. The van der Waals surface area contributed by atoms with Crippen LogP contribution < -0.4 is 19.1 Å². The van der Waals surface area contributed by atoms with E-state index in [9.17, 15) is 14.7 Å². The van der Waals surface area contributed by atoms with Crippen LogP contribution in [0.2, 0.25) is 5.02 Å². The number of rotatable bonds is 7. The highest BCUT2D eigenvalue weighted by Gasteiger charge is 2.48. The van der Waals surface area contributed by atoms with Crippen LogP contribution in [0.4, 0.5) is 5.13 Å². The first-order valence-electron chi connectivity index (χ1n) is 12.9. The van der Waals surface area contributed by atoms with Gasteiger partial charge in [0.2, 0.25) is 0 Å². The second-order valence-corrected chi connectivity index (χ2v) is 10.9. The van der Waals surface area contributed by atoms with Crippen LogP contribution in [0.5, 0.6) is 17.2 Å². The highest BCUT2D eigenvalue weighted by molar-refractivity contribution is 7.22. The number of ketones is 1. The van der Waals surface area contributed by atoms with Gasteiger partial charge in [-0.2, -0.15) is 0 Å². The molecule has 2 aliphatic rings. The number of halogens is 1. The van der Waals surface area contributed by atoms with Crippen molar-refractivity contribution in [3.8, 4) is 17.2 Å². The molecule has 1 unspecified atom stereocenters. The Labute approximate surface area is 239 Å². The molecule has 3 heterocycles. The van der Waals surface area contributed by atoms with Crippen LogP contribution in [0.1, 0.15) is 36.9 Å². The number of aromatic nitrogens is 1. The summed E-state index contributed by atoms with van der Waals surface area (Å²) in [4.78, 5) is 33.2. The summed E-state index contributed by atoms with van der Waals surface area (Å²) in [5.74, 6) is -0.310. The Kier molecular flexibility index (Phi) is 7.08. The number of fused-ring (bicyclic) bond motifs is 2. The summed E-state index contributed by atoms with van der Waals surface area (Å²) in [6, 6.07) is 16.4. The Balaban J connectivity index is 1.50. The van der Waals surface area contributed by atoms with Gasteiger partial charge in [-0.3, -0.25) is 14.5 Å². The van der Waals surface area contributed by atoms with Gasteiger partial charge in [0.05, 0.1) is 28.4 Å². The van der Waals surface area contributed by atoms with Crippen molar-refractivity contribution in [2.75, 3.05) is 24.7 Å². The van der Waals surface area contributed by atoms with E-state index in [-0.39, 0.29) is 11.3 Å². The molecule has 204 valence electrons. The zero-order valence-corrected chi connectivity index (χ0v) is 23.1. The largest absolute Gasteiger partial charge is 0.507 e. The number of carbonyl (C=O) groups excluding carboxylic acids is 2. The predicted octanol–water partition coefficient (Wildman–Crippen LogP) is 6.53. The molecule has 3 aromatic carbocycles. The fourth-order valence-electron chi connectivity index (χ4n) is 4.79. The molecule has 0 spiro atoms. The molecular formula is C30H25ClN2O6S. The Bertz CT molecular complexity index is 1670. The first kappa shape index (κ1) is 26.2. The lowest BCUT2D eigenvalue weighted by atomic mass is 9.95. The quantitative estimate of drug-likeness (QED) is 0.116. The zero-order chi connectivity index (χ0) is 27.8. The molecule has 6 rings (SSSR count). The topological polar surface area (TPSA) is 98.2 Å². The molecule has 4 aromatic rings. The van der Waals surface area contributed by atoms with E-state index >= 15 is 0 Å². The van der Waals surface area contributed by atoms with Gasteiger partial charge in [-0.25, -0.2) is 4.98 Å². The van der Waals surface area contributed by atoms with Crippen LogP contribution in [0.25, 0.3) is 16.0 Å². The van der Waals surface area contributed by atoms with Gasteiger partial charge < -0.3 is 19.3 Å². The normalized spacial score (nSPS) is 17.9. The lowest BCUT2D eigenvalue weighted by Gasteiger charge is -2.24. The Hall–Kier alpha value is -4.08. The second kappa shape index (κ2) is 10.8. The minimum absolute atomic E-state index is 0.0512. The number of aliphatic hydroxyl groups excluding tert-OH is 1. The van der Waals surface area contributed by atoms with Crippen molar-refractivity contribution in [3.63, 3.8) is 0 Å². The van der Waals surface area contributed by atoms with E-state index in [0.29, 0.717) is 63.9 Å². The third kappa shape index (κ3) is 4.76. The van der Waals surface area contributed by atoms with E-state index in [1.165, 1.54) is 16.2 Å². The predicted molar refractivity (Wildman–Crippen MR) is 154 cm³/mol. The van der Waals surface area contributed by atoms with Crippen LogP contribution in [-0.2, 0) is 9.59 Å². The Morgan fingerprint density at radius 2 is 1.93 bits per heavy atom. The minimum Gasteiger partial charge on any atom is -0.507 e. The van der Waals surface area contributed by atoms with E-state index in [1.54, 1.807) is 54.6 Å². The molecule has 0 radical (unpaired) electrons. The van der Waals surface area contributed by atoms with Crippen molar-refractivity contribution in [3.05, 3.63) is 82.4 Å². The SMILES string of the molecule is CCCCOc1cccc(C2/C(=C(\O)c3ccc4c(c3)OCCO4)C(=O)C(=O)N2c2nc3ccc(Cl)cc3s2)c1. The second-order valence-electron chi connectivity index (χ2n) is 9.41. The molecule has 1 N–H and O–H groups in total. The smallest absolute Gasteiger partial charge is 0.301 e. The molecule has 8 nitrogen and oxygen atoms in total. The number of aliphatic hydroxyl groups is 1. The molecule has 1 atom stereocenters. The van der Waals surface area contributed by atoms with Crippen LogP contribution >= 0.6 is 22.9 Å². The molecule has 2 aliphatic heterocycles. The van der Waals surface area contributed by atoms with Gasteiger partial charge in [0.25, 0.3) is 5.78 Å². The fraction of sp³-hybridized carbons (Fsp3) is 0.233.